The lowest BCUT2D eigenvalue weighted by Crippen LogP contribution is -2.35. The van der Waals surface area contributed by atoms with Crippen molar-refractivity contribution in [2.75, 3.05) is 45.1 Å². The zero-order chi connectivity index (χ0) is 14.4. The minimum atomic E-state index is -0.0697. The van der Waals surface area contributed by atoms with E-state index >= 15 is 0 Å². The number of likely N-dealkylation sites (N-methyl/N-ethyl adjacent to an activating group) is 1. The highest BCUT2D eigenvalue weighted by Crippen LogP contribution is 2.07. The molecular formula is C14H23N5O. The second-order valence-corrected chi connectivity index (χ2v) is 5.09. The molecule has 1 amide bonds. The Bertz CT molecular complexity index is 428. The van der Waals surface area contributed by atoms with Gasteiger partial charge in [0.1, 0.15) is 11.5 Å². The summed E-state index contributed by atoms with van der Waals surface area (Å²) < 4.78 is 0. The maximum absolute atomic E-state index is 12.2. The first kappa shape index (κ1) is 14.7. The minimum Gasteiger partial charge on any atom is -0.369 e. The van der Waals surface area contributed by atoms with Crippen molar-refractivity contribution in [3.8, 4) is 0 Å². The Labute approximate surface area is 120 Å². The zero-order valence-corrected chi connectivity index (χ0v) is 12.3. The molecule has 1 fully saturated rings. The molecule has 0 spiro atoms. The van der Waals surface area contributed by atoms with Crippen LogP contribution in [0.1, 0.15) is 30.3 Å². The molecule has 6 nitrogen and oxygen atoms in total. The summed E-state index contributed by atoms with van der Waals surface area (Å²) in [5.74, 6) is 0.628. The molecule has 2 rings (SSSR count). The lowest BCUT2D eigenvalue weighted by molar-refractivity contribution is 0.0776. The van der Waals surface area contributed by atoms with Crippen LogP contribution in [0.2, 0.25) is 0 Å². The second-order valence-electron chi connectivity index (χ2n) is 5.09. The number of aromatic nitrogens is 2. The highest BCUT2D eigenvalue weighted by molar-refractivity contribution is 5.91. The van der Waals surface area contributed by atoms with Gasteiger partial charge >= 0.3 is 0 Å². The van der Waals surface area contributed by atoms with Crippen molar-refractivity contribution >= 4 is 11.7 Å². The van der Waals surface area contributed by atoms with Gasteiger partial charge in [-0.15, -0.1) is 0 Å². The first-order chi connectivity index (χ1) is 9.70. The average Bonchev–Trinajstić information content (AvgIpc) is 2.98. The van der Waals surface area contributed by atoms with E-state index in [0.29, 0.717) is 11.5 Å². The van der Waals surface area contributed by atoms with Gasteiger partial charge in [-0.3, -0.25) is 4.79 Å². The number of hydrogen-bond acceptors (Lipinski definition) is 5. The molecule has 20 heavy (non-hydrogen) atoms. The highest BCUT2D eigenvalue weighted by Gasteiger charge is 2.16. The van der Waals surface area contributed by atoms with E-state index in [1.54, 1.807) is 11.1 Å². The van der Waals surface area contributed by atoms with Gasteiger partial charge in [-0.2, -0.15) is 0 Å². The molecule has 2 heterocycles. The number of carbonyl (C=O) groups excluding carboxylic acids is 1. The summed E-state index contributed by atoms with van der Waals surface area (Å²) >= 11 is 0. The van der Waals surface area contributed by atoms with E-state index in [0.717, 1.165) is 32.7 Å². The molecule has 1 saturated heterocycles. The number of nitrogens with one attached hydrogen (secondary N) is 1. The predicted octanol–water partition coefficient (Wildman–Crippen LogP) is 1.08. The molecule has 110 valence electrons. The van der Waals surface area contributed by atoms with Crippen molar-refractivity contribution in [1.82, 2.24) is 19.8 Å². The number of rotatable bonds is 6. The SMILES string of the molecule is CCNc1cnc(C(=O)N(C)CCN2CCCC2)cn1. The maximum Gasteiger partial charge on any atom is 0.273 e. The van der Waals surface area contributed by atoms with Crippen LogP contribution in [0.3, 0.4) is 0 Å². The molecule has 1 aliphatic heterocycles. The molecule has 0 radical (unpaired) electrons. The van der Waals surface area contributed by atoms with Crippen molar-refractivity contribution in [2.45, 2.75) is 19.8 Å². The summed E-state index contributed by atoms with van der Waals surface area (Å²) in [4.78, 5) is 24.7. The molecule has 0 saturated carbocycles. The summed E-state index contributed by atoms with van der Waals surface area (Å²) in [6.45, 7) is 6.75. The first-order valence-corrected chi connectivity index (χ1v) is 7.24. The largest absolute Gasteiger partial charge is 0.369 e. The van der Waals surface area contributed by atoms with Gasteiger partial charge in [0, 0.05) is 26.7 Å². The Morgan fingerprint density at radius 3 is 2.70 bits per heavy atom. The van der Waals surface area contributed by atoms with Crippen LogP contribution in [-0.4, -0.2) is 65.4 Å². The van der Waals surface area contributed by atoms with Gasteiger partial charge in [0.2, 0.25) is 0 Å². The van der Waals surface area contributed by atoms with Crippen molar-refractivity contribution < 1.29 is 4.79 Å². The molecule has 0 atom stereocenters. The van der Waals surface area contributed by atoms with Crippen molar-refractivity contribution in [2.24, 2.45) is 0 Å². The zero-order valence-electron chi connectivity index (χ0n) is 12.3. The van der Waals surface area contributed by atoms with E-state index in [9.17, 15) is 4.79 Å². The van der Waals surface area contributed by atoms with Crippen LogP contribution in [0.15, 0.2) is 12.4 Å². The number of amides is 1. The summed E-state index contributed by atoms with van der Waals surface area (Å²) in [5, 5.41) is 3.06. The number of carbonyl (C=O) groups is 1. The van der Waals surface area contributed by atoms with Gasteiger partial charge in [-0.05, 0) is 32.9 Å². The lowest BCUT2D eigenvalue weighted by atomic mass is 10.3. The third-order valence-corrected chi connectivity index (χ3v) is 3.53. The monoisotopic (exact) mass is 277 g/mol. The van der Waals surface area contributed by atoms with Gasteiger partial charge in [-0.1, -0.05) is 0 Å². The first-order valence-electron chi connectivity index (χ1n) is 7.24. The van der Waals surface area contributed by atoms with E-state index in [4.69, 9.17) is 0 Å². The number of likely N-dealkylation sites (tertiary alicyclic amines) is 1. The Hall–Kier alpha value is -1.69. The van der Waals surface area contributed by atoms with Crippen LogP contribution in [-0.2, 0) is 0 Å². The molecule has 0 unspecified atom stereocenters. The van der Waals surface area contributed by atoms with E-state index in [1.165, 1.54) is 19.0 Å². The van der Waals surface area contributed by atoms with Crippen LogP contribution < -0.4 is 5.32 Å². The van der Waals surface area contributed by atoms with Crippen LogP contribution in [0.4, 0.5) is 5.82 Å². The molecule has 6 heteroatoms. The average molecular weight is 277 g/mol. The number of nitrogens with zero attached hydrogens (tertiary/aromatic N) is 4. The maximum atomic E-state index is 12.2. The normalized spacial score (nSPS) is 15.3. The predicted molar refractivity (Wildman–Crippen MR) is 78.8 cm³/mol. The van der Waals surface area contributed by atoms with E-state index in [-0.39, 0.29) is 5.91 Å². The van der Waals surface area contributed by atoms with Gasteiger partial charge in [0.05, 0.1) is 12.4 Å². The van der Waals surface area contributed by atoms with Crippen LogP contribution >= 0.6 is 0 Å². The summed E-state index contributed by atoms with van der Waals surface area (Å²) in [5.41, 5.74) is 0.399. The summed E-state index contributed by atoms with van der Waals surface area (Å²) in [7, 11) is 1.82. The van der Waals surface area contributed by atoms with Gasteiger partial charge in [0.15, 0.2) is 0 Å². The molecule has 1 aliphatic rings. The Kier molecular flexibility index (Phi) is 5.29. The third-order valence-electron chi connectivity index (χ3n) is 3.53. The van der Waals surface area contributed by atoms with Crippen LogP contribution in [0.25, 0.3) is 0 Å². The Morgan fingerprint density at radius 2 is 2.10 bits per heavy atom. The number of anilines is 1. The second kappa shape index (κ2) is 7.19. The third kappa shape index (κ3) is 3.90. The Morgan fingerprint density at radius 1 is 1.35 bits per heavy atom. The smallest absolute Gasteiger partial charge is 0.273 e. The molecular weight excluding hydrogens is 254 g/mol. The molecule has 0 aliphatic carbocycles. The molecule has 1 N–H and O–H groups in total. The molecule has 0 bridgehead atoms. The summed E-state index contributed by atoms with van der Waals surface area (Å²) in [6.07, 6.45) is 5.68. The summed E-state index contributed by atoms with van der Waals surface area (Å²) in [6, 6.07) is 0. The van der Waals surface area contributed by atoms with Crippen LogP contribution in [0, 0.1) is 0 Å². The van der Waals surface area contributed by atoms with Crippen LogP contribution in [0.5, 0.6) is 0 Å². The van der Waals surface area contributed by atoms with E-state index < -0.39 is 0 Å². The van der Waals surface area contributed by atoms with Crippen molar-refractivity contribution in [3.63, 3.8) is 0 Å². The van der Waals surface area contributed by atoms with Gasteiger partial charge < -0.3 is 15.1 Å². The topological polar surface area (TPSA) is 61.4 Å². The van der Waals surface area contributed by atoms with Crippen molar-refractivity contribution in [3.05, 3.63) is 18.1 Å². The molecule has 0 aromatic carbocycles. The number of hydrogen-bond donors (Lipinski definition) is 1. The molecule has 1 aromatic heterocycles. The fraction of sp³-hybridized carbons (Fsp3) is 0.643. The van der Waals surface area contributed by atoms with Crippen molar-refractivity contribution in [1.29, 1.82) is 0 Å². The minimum absolute atomic E-state index is 0.0697. The van der Waals surface area contributed by atoms with Gasteiger partial charge in [0.25, 0.3) is 5.91 Å². The molecule has 1 aromatic rings. The van der Waals surface area contributed by atoms with Gasteiger partial charge in [-0.25, -0.2) is 9.97 Å². The quantitative estimate of drug-likeness (QED) is 0.843. The van der Waals surface area contributed by atoms with E-state index in [2.05, 4.69) is 20.2 Å². The fourth-order valence-electron chi connectivity index (χ4n) is 2.31. The fourth-order valence-corrected chi connectivity index (χ4v) is 2.31. The highest BCUT2D eigenvalue weighted by atomic mass is 16.2. The standard InChI is InChI=1S/C14H23N5O/c1-3-15-13-11-16-12(10-17-13)14(20)18(2)8-9-19-6-4-5-7-19/h10-11H,3-9H2,1-2H3,(H,15,17). The lowest BCUT2D eigenvalue weighted by Gasteiger charge is -2.21. The Balaban J connectivity index is 1.85. The van der Waals surface area contributed by atoms with E-state index in [1.807, 2.05) is 14.0 Å².